The summed E-state index contributed by atoms with van der Waals surface area (Å²) in [4.78, 5) is 27.2. The van der Waals surface area contributed by atoms with E-state index in [0.717, 1.165) is 5.56 Å². The summed E-state index contributed by atoms with van der Waals surface area (Å²) in [7, 11) is 0. The Kier molecular flexibility index (Phi) is 4.77. The third-order valence-corrected chi connectivity index (χ3v) is 3.94. The normalized spacial score (nSPS) is 12.2. The molecule has 0 saturated heterocycles. The van der Waals surface area contributed by atoms with E-state index in [1.165, 1.54) is 4.57 Å². The van der Waals surface area contributed by atoms with Crippen LogP contribution in [0.4, 0.5) is 0 Å². The molecule has 0 spiro atoms. The van der Waals surface area contributed by atoms with E-state index in [9.17, 15) is 14.7 Å². The van der Waals surface area contributed by atoms with Crippen LogP contribution < -0.4 is 11.0 Å². The Morgan fingerprint density at radius 1 is 1.12 bits per heavy atom. The van der Waals surface area contributed by atoms with Gasteiger partial charge < -0.3 is 15.4 Å². The van der Waals surface area contributed by atoms with Gasteiger partial charge in [0.2, 0.25) is 5.91 Å². The van der Waals surface area contributed by atoms with Crippen LogP contribution in [0.3, 0.4) is 0 Å². The van der Waals surface area contributed by atoms with Crippen LogP contribution in [0.15, 0.2) is 59.4 Å². The van der Waals surface area contributed by atoms with Crippen molar-refractivity contribution in [2.45, 2.75) is 19.0 Å². The number of aromatic amines is 1. The molecule has 0 saturated carbocycles. The minimum Gasteiger partial charge on any atom is -0.396 e. The van der Waals surface area contributed by atoms with E-state index in [1.807, 2.05) is 42.5 Å². The minimum absolute atomic E-state index is 0.0348. The van der Waals surface area contributed by atoms with Crippen LogP contribution in [0.2, 0.25) is 0 Å². The number of amides is 1. The van der Waals surface area contributed by atoms with Crippen LogP contribution in [-0.4, -0.2) is 27.2 Å². The molecule has 1 heterocycles. The van der Waals surface area contributed by atoms with Gasteiger partial charge in [0.25, 0.3) is 0 Å². The highest BCUT2D eigenvalue weighted by molar-refractivity contribution is 5.80. The molecule has 3 rings (SSSR count). The zero-order chi connectivity index (χ0) is 16.9. The molecule has 1 aromatic heterocycles. The molecule has 124 valence electrons. The number of fused-ring (bicyclic) bond motifs is 1. The molecule has 6 heteroatoms. The van der Waals surface area contributed by atoms with Crippen molar-refractivity contribution in [3.8, 4) is 0 Å². The van der Waals surface area contributed by atoms with E-state index < -0.39 is 0 Å². The van der Waals surface area contributed by atoms with Crippen LogP contribution in [0.5, 0.6) is 0 Å². The standard InChI is InChI=1S/C18H19N3O3/c22-11-10-14(13-6-2-1-3-7-13)19-17(23)12-21-16-9-5-4-8-15(16)20-18(21)24/h1-9,14,22H,10-12H2,(H,19,23)(H,20,24). The number of nitrogens with one attached hydrogen (secondary N) is 2. The van der Waals surface area contributed by atoms with Gasteiger partial charge >= 0.3 is 5.69 Å². The topological polar surface area (TPSA) is 87.1 Å². The van der Waals surface area contributed by atoms with Crippen molar-refractivity contribution < 1.29 is 9.90 Å². The molecule has 3 N–H and O–H groups in total. The zero-order valence-corrected chi connectivity index (χ0v) is 13.1. The average Bonchev–Trinajstić information content (AvgIpc) is 2.91. The summed E-state index contributed by atoms with van der Waals surface area (Å²) in [6, 6.07) is 16.4. The highest BCUT2D eigenvalue weighted by Crippen LogP contribution is 2.16. The number of aliphatic hydroxyl groups is 1. The molecule has 0 fully saturated rings. The number of nitrogens with zero attached hydrogens (tertiary/aromatic N) is 1. The number of aromatic nitrogens is 2. The number of H-pyrrole nitrogens is 1. The molecular weight excluding hydrogens is 306 g/mol. The van der Waals surface area contributed by atoms with Crippen molar-refractivity contribution in [3.05, 3.63) is 70.6 Å². The van der Waals surface area contributed by atoms with Gasteiger partial charge in [-0.1, -0.05) is 42.5 Å². The Morgan fingerprint density at radius 2 is 1.83 bits per heavy atom. The van der Waals surface area contributed by atoms with Gasteiger partial charge in [-0.25, -0.2) is 4.79 Å². The lowest BCUT2D eigenvalue weighted by Gasteiger charge is -2.18. The molecular formula is C18H19N3O3. The van der Waals surface area contributed by atoms with Crippen molar-refractivity contribution in [2.75, 3.05) is 6.61 Å². The fourth-order valence-corrected chi connectivity index (χ4v) is 2.78. The molecule has 0 aliphatic rings. The molecule has 6 nitrogen and oxygen atoms in total. The second kappa shape index (κ2) is 7.14. The smallest absolute Gasteiger partial charge is 0.326 e. The fourth-order valence-electron chi connectivity index (χ4n) is 2.78. The molecule has 0 aliphatic carbocycles. The van der Waals surface area contributed by atoms with Crippen LogP contribution >= 0.6 is 0 Å². The second-order valence-corrected chi connectivity index (χ2v) is 5.58. The predicted molar refractivity (Wildman–Crippen MR) is 91.6 cm³/mol. The lowest BCUT2D eigenvalue weighted by molar-refractivity contribution is -0.122. The fraction of sp³-hybridized carbons (Fsp3) is 0.222. The molecule has 24 heavy (non-hydrogen) atoms. The van der Waals surface area contributed by atoms with Crippen LogP contribution in [0.25, 0.3) is 11.0 Å². The summed E-state index contributed by atoms with van der Waals surface area (Å²) in [5.74, 6) is -0.274. The maximum Gasteiger partial charge on any atom is 0.326 e. The first-order valence-electron chi connectivity index (χ1n) is 7.82. The second-order valence-electron chi connectivity index (χ2n) is 5.58. The number of hydrogen-bond donors (Lipinski definition) is 3. The van der Waals surface area contributed by atoms with E-state index in [-0.39, 0.29) is 30.8 Å². The first-order chi connectivity index (χ1) is 11.7. The molecule has 1 unspecified atom stereocenters. The predicted octanol–water partition coefficient (Wildman–Crippen LogP) is 1.57. The quantitative estimate of drug-likeness (QED) is 0.643. The molecule has 0 bridgehead atoms. The largest absolute Gasteiger partial charge is 0.396 e. The number of carbonyl (C=O) groups is 1. The Morgan fingerprint density at radius 3 is 2.58 bits per heavy atom. The Labute approximate surface area is 138 Å². The van der Waals surface area contributed by atoms with E-state index >= 15 is 0 Å². The Balaban J connectivity index is 1.78. The zero-order valence-electron chi connectivity index (χ0n) is 13.1. The van der Waals surface area contributed by atoms with Gasteiger partial charge in [0.1, 0.15) is 6.54 Å². The van der Waals surface area contributed by atoms with E-state index in [4.69, 9.17) is 0 Å². The van der Waals surface area contributed by atoms with Crippen molar-refractivity contribution in [3.63, 3.8) is 0 Å². The minimum atomic E-state index is -0.315. The first kappa shape index (κ1) is 16.0. The third-order valence-electron chi connectivity index (χ3n) is 3.94. The molecule has 2 aromatic carbocycles. The first-order valence-corrected chi connectivity index (χ1v) is 7.82. The summed E-state index contributed by atoms with van der Waals surface area (Å²) in [6.45, 7) is -0.107. The maximum absolute atomic E-state index is 12.4. The summed E-state index contributed by atoms with van der Waals surface area (Å²) in [6.07, 6.45) is 0.415. The van der Waals surface area contributed by atoms with Crippen molar-refractivity contribution in [2.24, 2.45) is 0 Å². The number of benzene rings is 2. The molecule has 0 aliphatic heterocycles. The van der Waals surface area contributed by atoms with E-state index in [0.29, 0.717) is 17.5 Å². The maximum atomic E-state index is 12.4. The van der Waals surface area contributed by atoms with Crippen LogP contribution in [0, 0.1) is 0 Å². The van der Waals surface area contributed by atoms with Crippen LogP contribution in [0.1, 0.15) is 18.0 Å². The number of rotatable bonds is 6. The number of aliphatic hydroxyl groups excluding tert-OH is 1. The summed E-state index contributed by atoms with van der Waals surface area (Å²) < 4.78 is 1.41. The summed E-state index contributed by atoms with van der Waals surface area (Å²) in [5.41, 5.74) is 2.00. The Bertz CT molecular complexity index is 883. The van der Waals surface area contributed by atoms with Gasteiger partial charge in [-0.3, -0.25) is 9.36 Å². The molecule has 1 atom stereocenters. The number of hydrogen-bond acceptors (Lipinski definition) is 3. The van der Waals surface area contributed by atoms with Gasteiger partial charge in [0.05, 0.1) is 17.1 Å². The van der Waals surface area contributed by atoms with E-state index in [1.54, 1.807) is 12.1 Å². The molecule has 3 aromatic rings. The van der Waals surface area contributed by atoms with Gasteiger partial charge in [0.15, 0.2) is 0 Å². The average molecular weight is 325 g/mol. The van der Waals surface area contributed by atoms with Gasteiger partial charge in [-0.2, -0.15) is 0 Å². The number of carbonyl (C=O) groups excluding carboxylic acids is 1. The van der Waals surface area contributed by atoms with Crippen molar-refractivity contribution in [1.82, 2.24) is 14.9 Å². The van der Waals surface area contributed by atoms with Crippen LogP contribution in [-0.2, 0) is 11.3 Å². The highest BCUT2D eigenvalue weighted by Gasteiger charge is 2.16. The van der Waals surface area contributed by atoms with Gasteiger partial charge in [0, 0.05) is 6.61 Å². The SMILES string of the molecule is O=C(Cn1c(=O)[nH]c2ccccc21)NC(CCO)c1ccccc1. The number of imidazole rings is 1. The molecule has 1 amide bonds. The summed E-state index contributed by atoms with van der Waals surface area (Å²) in [5, 5.41) is 12.1. The van der Waals surface area contributed by atoms with Gasteiger partial charge in [-0.15, -0.1) is 0 Å². The Hall–Kier alpha value is -2.86. The van der Waals surface area contributed by atoms with E-state index in [2.05, 4.69) is 10.3 Å². The highest BCUT2D eigenvalue weighted by atomic mass is 16.3. The lowest BCUT2D eigenvalue weighted by atomic mass is 10.0. The molecule has 0 radical (unpaired) electrons. The van der Waals surface area contributed by atoms with Crippen molar-refractivity contribution in [1.29, 1.82) is 0 Å². The van der Waals surface area contributed by atoms with Gasteiger partial charge in [-0.05, 0) is 24.1 Å². The number of para-hydroxylation sites is 2. The monoisotopic (exact) mass is 325 g/mol. The summed E-state index contributed by atoms with van der Waals surface area (Å²) >= 11 is 0. The third kappa shape index (κ3) is 3.38. The van der Waals surface area contributed by atoms with Crippen molar-refractivity contribution >= 4 is 16.9 Å². The lowest BCUT2D eigenvalue weighted by Crippen LogP contribution is -2.34.